The number of ether oxygens (including phenoxy) is 2. The lowest BCUT2D eigenvalue weighted by Gasteiger charge is -2.01. The second-order valence-corrected chi connectivity index (χ2v) is 2.92. The highest BCUT2D eigenvalue weighted by Crippen LogP contribution is 2.24. The molecule has 2 aliphatic rings. The van der Waals surface area contributed by atoms with Gasteiger partial charge >= 0.3 is 0 Å². The van der Waals surface area contributed by atoms with Gasteiger partial charge in [0, 0.05) is 13.2 Å². The van der Waals surface area contributed by atoms with E-state index in [1.165, 1.54) is 12.8 Å². The van der Waals surface area contributed by atoms with E-state index in [4.69, 9.17) is 9.47 Å². The van der Waals surface area contributed by atoms with Crippen LogP contribution >= 0.6 is 0 Å². The molecule has 2 nitrogen and oxygen atoms in total. The molecule has 0 saturated carbocycles. The highest BCUT2D eigenvalue weighted by atomic mass is 16.6. The third-order valence-corrected chi connectivity index (χ3v) is 2.02. The second kappa shape index (κ2) is 2.27. The molecule has 9 heavy (non-hydrogen) atoms. The van der Waals surface area contributed by atoms with E-state index in [0.717, 1.165) is 25.7 Å². The molecule has 0 amide bonds. The van der Waals surface area contributed by atoms with E-state index in [2.05, 4.69) is 0 Å². The van der Waals surface area contributed by atoms with E-state index >= 15 is 0 Å². The highest BCUT2D eigenvalue weighted by molar-refractivity contribution is 4.75. The summed E-state index contributed by atoms with van der Waals surface area (Å²) >= 11 is 0. The van der Waals surface area contributed by atoms with Crippen molar-refractivity contribution < 1.29 is 9.47 Å². The average Bonchev–Trinajstić information content (AvgIpc) is 2.46. The molecule has 0 radical (unpaired) electrons. The zero-order valence-electron chi connectivity index (χ0n) is 5.51. The summed E-state index contributed by atoms with van der Waals surface area (Å²) in [6.45, 7) is 2.94. The summed E-state index contributed by atoms with van der Waals surface area (Å²) in [5, 5.41) is 0. The fraction of sp³-hybridized carbons (Fsp3) is 1.00. The van der Waals surface area contributed by atoms with Crippen LogP contribution < -0.4 is 0 Å². The van der Waals surface area contributed by atoms with Gasteiger partial charge in [-0.05, 0) is 18.8 Å². The van der Waals surface area contributed by atoms with E-state index in [1.807, 2.05) is 0 Å². The lowest BCUT2D eigenvalue weighted by Crippen LogP contribution is -2.02. The number of rotatable bonds is 2. The first kappa shape index (κ1) is 5.69. The fourth-order valence-electron chi connectivity index (χ4n) is 1.35. The molecule has 2 aliphatic heterocycles. The zero-order valence-corrected chi connectivity index (χ0v) is 5.51. The lowest BCUT2D eigenvalue weighted by molar-refractivity contribution is 0.181. The molecule has 2 fully saturated rings. The Bertz CT molecular complexity index is 93.1. The van der Waals surface area contributed by atoms with E-state index in [1.54, 1.807) is 0 Å². The molecular weight excluding hydrogens is 116 g/mol. The molecule has 2 atom stereocenters. The van der Waals surface area contributed by atoms with Crippen LogP contribution in [0.3, 0.4) is 0 Å². The molecule has 0 aromatic carbocycles. The van der Waals surface area contributed by atoms with Gasteiger partial charge in [-0.3, -0.25) is 0 Å². The van der Waals surface area contributed by atoms with Gasteiger partial charge in [0.15, 0.2) is 0 Å². The highest BCUT2D eigenvalue weighted by Gasteiger charge is 2.28. The van der Waals surface area contributed by atoms with Crippen LogP contribution in [-0.2, 0) is 9.47 Å². The van der Waals surface area contributed by atoms with Crippen LogP contribution in [0.25, 0.3) is 0 Å². The topological polar surface area (TPSA) is 21.8 Å². The quantitative estimate of drug-likeness (QED) is 0.513. The number of hydrogen-bond donors (Lipinski definition) is 0. The van der Waals surface area contributed by atoms with Crippen LogP contribution in [0.1, 0.15) is 12.8 Å². The van der Waals surface area contributed by atoms with Crippen LogP contribution in [-0.4, -0.2) is 25.9 Å². The van der Waals surface area contributed by atoms with Crippen molar-refractivity contribution in [3.63, 3.8) is 0 Å². The summed E-state index contributed by atoms with van der Waals surface area (Å²) in [6, 6.07) is 0. The summed E-state index contributed by atoms with van der Waals surface area (Å²) in [4.78, 5) is 0. The molecule has 0 aromatic heterocycles. The molecule has 2 saturated heterocycles. The predicted molar refractivity (Wildman–Crippen MR) is 33.3 cm³/mol. The number of hydrogen-bond acceptors (Lipinski definition) is 2. The van der Waals surface area contributed by atoms with Gasteiger partial charge < -0.3 is 9.47 Å². The van der Waals surface area contributed by atoms with Gasteiger partial charge in [-0.25, -0.2) is 0 Å². The first-order valence-electron chi connectivity index (χ1n) is 3.64. The zero-order chi connectivity index (χ0) is 6.10. The van der Waals surface area contributed by atoms with Crippen LogP contribution in [0.5, 0.6) is 0 Å². The van der Waals surface area contributed by atoms with Gasteiger partial charge in [0.1, 0.15) is 0 Å². The van der Waals surface area contributed by atoms with Crippen LogP contribution in [0.4, 0.5) is 0 Å². The smallest absolute Gasteiger partial charge is 0.0813 e. The maximum absolute atomic E-state index is 5.23. The van der Waals surface area contributed by atoms with Crippen molar-refractivity contribution in [2.45, 2.75) is 18.9 Å². The summed E-state index contributed by atoms with van der Waals surface area (Å²) in [5.74, 6) is 0.803. The molecule has 0 spiro atoms. The van der Waals surface area contributed by atoms with Gasteiger partial charge in [0.25, 0.3) is 0 Å². The standard InChI is InChI=1S/C7H12O2/c1-2-8-4-6(1)3-7-5-9-7/h6-7H,1-5H2. The first-order valence-corrected chi connectivity index (χ1v) is 3.64. The average molecular weight is 128 g/mol. The molecular formula is C7H12O2. The van der Waals surface area contributed by atoms with Crippen molar-refractivity contribution in [2.75, 3.05) is 19.8 Å². The molecule has 2 unspecified atom stereocenters. The van der Waals surface area contributed by atoms with Gasteiger partial charge in [0.05, 0.1) is 12.7 Å². The van der Waals surface area contributed by atoms with E-state index in [9.17, 15) is 0 Å². The van der Waals surface area contributed by atoms with Crippen LogP contribution in [0.15, 0.2) is 0 Å². The van der Waals surface area contributed by atoms with Gasteiger partial charge in [-0.1, -0.05) is 0 Å². The monoisotopic (exact) mass is 128 g/mol. The summed E-state index contributed by atoms with van der Waals surface area (Å²) in [5.41, 5.74) is 0. The third kappa shape index (κ3) is 1.43. The molecule has 52 valence electrons. The molecule has 0 bridgehead atoms. The van der Waals surface area contributed by atoms with E-state index < -0.39 is 0 Å². The maximum Gasteiger partial charge on any atom is 0.0813 e. The van der Waals surface area contributed by atoms with Crippen molar-refractivity contribution in [3.8, 4) is 0 Å². The molecule has 0 aromatic rings. The normalized spacial score (nSPS) is 41.3. The SMILES string of the molecule is C1CC(CC2CO2)CO1. The Morgan fingerprint density at radius 1 is 1.33 bits per heavy atom. The summed E-state index contributed by atoms with van der Waals surface area (Å²) in [6.07, 6.45) is 3.08. The van der Waals surface area contributed by atoms with Crippen molar-refractivity contribution in [3.05, 3.63) is 0 Å². The minimum Gasteiger partial charge on any atom is -0.381 e. The molecule has 0 N–H and O–H groups in total. The lowest BCUT2D eigenvalue weighted by atomic mass is 10.0. The van der Waals surface area contributed by atoms with Crippen molar-refractivity contribution in [2.24, 2.45) is 5.92 Å². The van der Waals surface area contributed by atoms with E-state index in [-0.39, 0.29) is 0 Å². The Morgan fingerprint density at radius 2 is 2.22 bits per heavy atom. The summed E-state index contributed by atoms with van der Waals surface area (Å²) in [7, 11) is 0. The van der Waals surface area contributed by atoms with Gasteiger partial charge in [-0.2, -0.15) is 0 Å². The second-order valence-electron chi connectivity index (χ2n) is 2.92. The molecule has 2 heteroatoms. The van der Waals surface area contributed by atoms with Crippen molar-refractivity contribution in [1.29, 1.82) is 0 Å². The Labute approximate surface area is 55.1 Å². The predicted octanol–water partition coefficient (Wildman–Crippen LogP) is 0.812. The minimum atomic E-state index is 0.594. The third-order valence-electron chi connectivity index (χ3n) is 2.02. The molecule has 0 aliphatic carbocycles. The fourth-order valence-corrected chi connectivity index (χ4v) is 1.35. The Kier molecular flexibility index (Phi) is 1.44. The van der Waals surface area contributed by atoms with E-state index in [0.29, 0.717) is 6.10 Å². The summed E-state index contributed by atoms with van der Waals surface area (Å²) < 4.78 is 10.3. The minimum absolute atomic E-state index is 0.594. The Morgan fingerprint density at radius 3 is 2.78 bits per heavy atom. The van der Waals surface area contributed by atoms with Gasteiger partial charge in [0.2, 0.25) is 0 Å². The van der Waals surface area contributed by atoms with Crippen LogP contribution in [0, 0.1) is 5.92 Å². The van der Waals surface area contributed by atoms with Crippen LogP contribution in [0.2, 0.25) is 0 Å². The van der Waals surface area contributed by atoms with Crippen molar-refractivity contribution in [1.82, 2.24) is 0 Å². The largest absolute Gasteiger partial charge is 0.381 e. The Balaban J connectivity index is 1.70. The van der Waals surface area contributed by atoms with Gasteiger partial charge in [-0.15, -0.1) is 0 Å². The number of epoxide rings is 1. The van der Waals surface area contributed by atoms with Crippen molar-refractivity contribution >= 4 is 0 Å². The Hall–Kier alpha value is -0.0800. The molecule has 2 rings (SSSR count). The maximum atomic E-state index is 5.23. The molecule has 2 heterocycles. The first-order chi connectivity index (χ1) is 4.45.